The Morgan fingerprint density at radius 3 is 2.86 bits per heavy atom. The molecule has 0 aliphatic carbocycles. The summed E-state index contributed by atoms with van der Waals surface area (Å²) in [4.78, 5) is 0. The van der Waals surface area contributed by atoms with Crippen LogP contribution >= 0.6 is 0 Å². The normalized spacial score (nSPS) is 32.4. The maximum Gasteiger partial charge on any atom is 0.108 e. The summed E-state index contributed by atoms with van der Waals surface area (Å²) >= 11 is 0. The first kappa shape index (κ1) is 9.78. The zero-order chi connectivity index (χ0) is 10.1. The van der Waals surface area contributed by atoms with Crippen LogP contribution in [0.1, 0.15) is 44.1 Å². The number of aryl methyl sites for hydroxylation is 1. The van der Waals surface area contributed by atoms with Crippen molar-refractivity contribution in [2.75, 3.05) is 0 Å². The second kappa shape index (κ2) is 3.77. The van der Waals surface area contributed by atoms with E-state index in [-0.39, 0.29) is 0 Å². The number of hydrogen-bond donors (Lipinski definition) is 1. The van der Waals surface area contributed by atoms with Crippen molar-refractivity contribution in [1.29, 1.82) is 0 Å². The first-order chi connectivity index (χ1) is 6.70. The lowest BCUT2D eigenvalue weighted by Gasteiger charge is -2.15. The lowest BCUT2D eigenvalue weighted by molar-refractivity contribution is 0.411. The van der Waals surface area contributed by atoms with E-state index in [2.05, 4.69) is 31.3 Å². The molecule has 0 saturated carbocycles. The number of furan rings is 1. The molecule has 1 saturated heterocycles. The molecule has 3 atom stereocenters. The van der Waals surface area contributed by atoms with Crippen LogP contribution in [0.2, 0.25) is 0 Å². The molecule has 3 unspecified atom stereocenters. The van der Waals surface area contributed by atoms with Gasteiger partial charge in [0.2, 0.25) is 0 Å². The van der Waals surface area contributed by atoms with E-state index in [1.807, 2.05) is 6.92 Å². The van der Waals surface area contributed by atoms with Gasteiger partial charge in [-0.3, -0.25) is 0 Å². The lowest BCUT2D eigenvalue weighted by Crippen LogP contribution is -2.28. The minimum atomic E-state index is 0.573. The molecule has 78 valence electrons. The van der Waals surface area contributed by atoms with Gasteiger partial charge in [0.15, 0.2) is 0 Å². The fourth-order valence-electron chi connectivity index (χ4n) is 2.46. The predicted molar refractivity (Wildman–Crippen MR) is 57.5 cm³/mol. The average Bonchev–Trinajstić information content (AvgIpc) is 2.71. The van der Waals surface area contributed by atoms with Crippen LogP contribution in [0.25, 0.3) is 0 Å². The van der Waals surface area contributed by atoms with Gasteiger partial charge in [-0.15, -0.1) is 0 Å². The topological polar surface area (TPSA) is 25.2 Å². The van der Waals surface area contributed by atoms with E-state index < -0.39 is 0 Å². The molecule has 2 rings (SSSR count). The van der Waals surface area contributed by atoms with Gasteiger partial charge in [-0.05, 0) is 38.8 Å². The van der Waals surface area contributed by atoms with Crippen LogP contribution in [0.3, 0.4) is 0 Å². The maximum atomic E-state index is 5.71. The Morgan fingerprint density at radius 2 is 2.29 bits per heavy atom. The zero-order valence-corrected chi connectivity index (χ0v) is 9.21. The van der Waals surface area contributed by atoms with Gasteiger partial charge in [0.25, 0.3) is 0 Å². The van der Waals surface area contributed by atoms with E-state index in [4.69, 9.17) is 4.42 Å². The first-order valence-corrected chi connectivity index (χ1v) is 5.53. The monoisotopic (exact) mass is 193 g/mol. The Hall–Kier alpha value is -0.760. The predicted octanol–water partition coefficient (Wildman–Crippen LogP) is 2.83. The van der Waals surface area contributed by atoms with Crippen LogP contribution in [0.15, 0.2) is 16.5 Å². The molecule has 0 bridgehead atoms. The van der Waals surface area contributed by atoms with E-state index in [1.54, 1.807) is 0 Å². The van der Waals surface area contributed by atoms with Crippen molar-refractivity contribution >= 4 is 0 Å². The third-order valence-corrected chi connectivity index (χ3v) is 3.16. The van der Waals surface area contributed by atoms with Crippen LogP contribution < -0.4 is 5.32 Å². The van der Waals surface area contributed by atoms with E-state index in [1.165, 1.54) is 12.8 Å². The highest BCUT2D eigenvalue weighted by Crippen LogP contribution is 2.33. The summed E-state index contributed by atoms with van der Waals surface area (Å²) in [5.41, 5.74) is 0. The van der Waals surface area contributed by atoms with Crippen molar-refractivity contribution in [3.8, 4) is 0 Å². The van der Waals surface area contributed by atoms with Crippen LogP contribution in [-0.2, 0) is 0 Å². The van der Waals surface area contributed by atoms with Crippen molar-refractivity contribution in [2.45, 2.75) is 51.6 Å². The minimum Gasteiger partial charge on any atom is -0.466 e. The van der Waals surface area contributed by atoms with Gasteiger partial charge >= 0.3 is 0 Å². The molecule has 1 aromatic heterocycles. The van der Waals surface area contributed by atoms with Crippen LogP contribution in [0.4, 0.5) is 0 Å². The fourth-order valence-corrected chi connectivity index (χ4v) is 2.46. The van der Waals surface area contributed by atoms with E-state index in [0.717, 1.165) is 11.5 Å². The second-order valence-corrected chi connectivity index (χ2v) is 4.37. The second-order valence-electron chi connectivity index (χ2n) is 4.37. The molecule has 1 aliphatic rings. The summed E-state index contributed by atoms with van der Waals surface area (Å²) in [6.07, 6.45) is 2.38. The van der Waals surface area contributed by atoms with Crippen LogP contribution in [0, 0.1) is 6.92 Å². The maximum absolute atomic E-state index is 5.71. The summed E-state index contributed by atoms with van der Waals surface area (Å²) < 4.78 is 5.71. The molecular weight excluding hydrogens is 174 g/mol. The Bertz CT molecular complexity index is 305. The highest BCUT2D eigenvalue weighted by Gasteiger charge is 2.32. The molecule has 2 nitrogen and oxygen atoms in total. The molecule has 0 spiro atoms. The molecule has 0 aromatic carbocycles. The molecule has 1 fully saturated rings. The lowest BCUT2D eigenvalue weighted by atomic mass is 9.95. The molecule has 14 heavy (non-hydrogen) atoms. The third-order valence-electron chi connectivity index (χ3n) is 3.16. The van der Waals surface area contributed by atoms with Gasteiger partial charge in [-0.2, -0.15) is 0 Å². The highest BCUT2D eigenvalue weighted by molar-refractivity contribution is 5.15. The fraction of sp³-hybridized carbons (Fsp3) is 0.667. The molecule has 0 radical (unpaired) electrons. The van der Waals surface area contributed by atoms with Gasteiger partial charge in [0.05, 0.1) is 0 Å². The first-order valence-electron chi connectivity index (χ1n) is 5.53. The van der Waals surface area contributed by atoms with Crippen molar-refractivity contribution in [2.24, 2.45) is 0 Å². The van der Waals surface area contributed by atoms with Crippen molar-refractivity contribution in [1.82, 2.24) is 5.32 Å². The van der Waals surface area contributed by atoms with Gasteiger partial charge in [-0.25, -0.2) is 0 Å². The molecule has 1 N–H and O–H groups in total. The Labute approximate surface area is 85.7 Å². The summed E-state index contributed by atoms with van der Waals surface area (Å²) in [6.45, 7) is 6.49. The SMILES string of the molecule is CCC1NC(C)CC1c1ccc(C)o1. The quantitative estimate of drug-likeness (QED) is 0.781. The van der Waals surface area contributed by atoms with Crippen molar-refractivity contribution < 1.29 is 4.42 Å². The van der Waals surface area contributed by atoms with E-state index >= 15 is 0 Å². The third kappa shape index (κ3) is 1.71. The van der Waals surface area contributed by atoms with Gasteiger partial charge in [-0.1, -0.05) is 6.92 Å². The molecular formula is C12H19NO. The number of hydrogen-bond acceptors (Lipinski definition) is 2. The van der Waals surface area contributed by atoms with E-state index in [0.29, 0.717) is 18.0 Å². The van der Waals surface area contributed by atoms with Crippen molar-refractivity contribution in [3.05, 3.63) is 23.7 Å². The van der Waals surface area contributed by atoms with Crippen LogP contribution in [0.5, 0.6) is 0 Å². The smallest absolute Gasteiger partial charge is 0.108 e. The molecule has 1 aromatic rings. The number of nitrogens with one attached hydrogen (secondary N) is 1. The van der Waals surface area contributed by atoms with Gasteiger partial charge in [0, 0.05) is 18.0 Å². The molecule has 1 aliphatic heterocycles. The minimum absolute atomic E-state index is 0.573. The largest absolute Gasteiger partial charge is 0.466 e. The van der Waals surface area contributed by atoms with Crippen molar-refractivity contribution in [3.63, 3.8) is 0 Å². The van der Waals surface area contributed by atoms with Gasteiger partial charge < -0.3 is 9.73 Å². The average molecular weight is 193 g/mol. The van der Waals surface area contributed by atoms with Crippen LogP contribution in [-0.4, -0.2) is 12.1 Å². The summed E-state index contributed by atoms with van der Waals surface area (Å²) in [5.74, 6) is 2.75. The summed E-state index contributed by atoms with van der Waals surface area (Å²) in [5, 5.41) is 3.60. The highest BCUT2D eigenvalue weighted by atomic mass is 16.3. The Balaban J connectivity index is 2.17. The molecule has 2 heteroatoms. The van der Waals surface area contributed by atoms with E-state index in [9.17, 15) is 0 Å². The Kier molecular flexibility index (Phi) is 2.64. The summed E-state index contributed by atoms with van der Waals surface area (Å²) in [7, 11) is 0. The standard InChI is InChI=1S/C12H19NO/c1-4-11-10(7-8(2)13-11)12-6-5-9(3)14-12/h5-6,8,10-11,13H,4,7H2,1-3H3. The molecule has 0 amide bonds. The zero-order valence-electron chi connectivity index (χ0n) is 9.21. The van der Waals surface area contributed by atoms with Gasteiger partial charge in [0.1, 0.15) is 11.5 Å². The molecule has 2 heterocycles. The number of rotatable bonds is 2. The Morgan fingerprint density at radius 1 is 1.50 bits per heavy atom. The summed E-state index contributed by atoms with van der Waals surface area (Å²) in [6, 6.07) is 5.40.